The van der Waals surface area contributed by atoms with Gasteiger partial charge in [0.25, 0.3) is 0 Å². The van der Waals surface area contributed by atoms with E-state index in [-0.39, 0.29) is 12.4 Å². The third kappa shape index (κ3) is 5.87. The Kier molecular flexibility index (Phi) is 6.03. The molecule has 1 N–H and O–H groups in total. The quantitative estimate of drug-likeness (QED) is 0.686. The first-order valence-electron chi connectivity index (χ1n) is 5.64. The molecule has 1 aromatic rings. The molecule has 0 saturated heterocycles. The summed E-state index contributed by atoms with van der Waals surface area (Å²) in [7, 11) is 0. The second kappa shape index (κ2) is 7.62. The predicted molar refractivity (Wildman–Crippen MR) is 64.5 cm³/mol. The maximum absolute atomic E-state index is 10.7. The lowest BCUT2D eigenvalue weighted by atomic mass is 10.4. The van der Waals surface area contributed by atoms with Crippen molar-refractivity contribution in [1.29, 1.82) is 0 Å². The van der Waals surface area contributed by atoms with Crippen LogP contribution >= 0.6 is 0 Å². The smallest absolute Gasteiger partial charge is 0.213 e. The number of ether oxygens (including phenoxy) is 2. The van der Waals surface area contributed by atoms with Crippen molar-refractivity contribution in [1.82, 2.24) is 10.3 Å². The first-order valence-corrected chi connectivity index (χ1v) is 5.64. The molecule has 94 valence electrons. The van der Waals surface area contributed by atoms with Crippen LogP contribution in [0, 0.1) is 0 Å². The zero-order valence-electron chi connectivity index (χ0n) is 10.2. The van der Waals surface area contributed by atoms with E-state index < -0.39 is 0 Å². The number of hydrogen-bond acceptors (Lipinski definition) is 5. The number of nitrogens with one attached hydrogen (secondary N) is 1. The molecule has 0 spiro atoms. The summed E-state index contributed by atoms with van der Waals surface area (Å²) in [6.07, 6.45) is 1.55. The third-order valence-electron chi connectivity index (χ3n) is 1.93. The number of nitrogens with zero attached hydrogens (tertiary/aromatic N) is 1. The van der Waals surface area contributed by atoms with Crippen molar-refractivity contribution in [2.75, 3.05) is 26.3 Å². The molecule has 0 aliphatic carbocycles. The van der Waals surface area contributed by atoms with Crippen LogP contribution in [0.15, 0.2) is 18.3 Å². The van der Waals surface area contributed by atoms with Gasteiger partial charge in [-0.2, -0.15) is 0 Å². The van der Waals surface area contributed by atoms with Crippen molar-refractivity contribution in [3.8, 4) is 11.6 Å². The second-order valence-electron chi connectivity index (χ2n) is 3.52. The van der Waals surface area contributed by atoms with Crippen LogP contribution in [0.5, 0.6) is 11.6 Å². The van der Waals surface area contributed by atoms with Crippen molar-refractivity contribution in [3.05, 3.63) is 18.3 Å². The summed E-state index contributed by atoms with van der Waals surface area (Å²) in [5.41, 5.74) is 0. The highest BCUT2D eigenvalue weighted by Gasteiger charge is 1.99. The molecule has 0 atom stereocenters. The highest BCUT2D eigenvalue weighted by molar-refractivity contribution is 5.77. The molecule has 17 heavy (non-hydrogen) atoms. The standard InChI is InChI=1S/C12H18N2O3/c1-3-13-6-7-16-12-5-4-11(8-14-12)17-9-10(2)15/h4-5,8,13H,3,6-7,9H2,1-2H3. The Morgan fingerprint density at radius 2 is 2.24 bits per heavy atom. The van der Waals surface area contributed by atoms with E-state index in [1.807, 2.05) is 6.92 Å². The summed E-state index contributed by atoms with van der Waals surface area (Å²) in [4.78, 5) is 14.8. The fourth-order valence-electron chi connectivity index (χ4n) is 1.13. The molecular formula is C12H18N2O3. The van der Waals surface area contributed by atoms with Crippen molar-refractivity contribution in [2.45, 2.75) is 13.8 Å². The molecule has 0 aliphatic rings. The van der Waals surface area contributed by atoms with Gasteiger partial charge in [0.1, 0.15) is 19.0 Å². The van der Waals surface area contributed by atoms with Crippen LogP contribution in [0.1, 0.15) is 13.8 Å². The van der Waals surface area contributed by atoms with Crippen LogP contribution in [-0.4, -0.2) is 37.1 Å². The van der Waals surface area contributed by atoms with Gasteiger partial charge in [-0.3, -0.25) is 4.79 Å². The van der Waals surface area contributed by atoms with E-state index in [9.17, 15) is 4.79 Å². The van der Waals surface area contributed by atoms with Crippen molar-refractivity contribution >= 4 is 5.78 Å². The Hall–Kier alpha value is -1.62. The molecule has 0 bridgehead atoms. The lowest BCUT2D eigenvalue weighted by Gasteiger charge is -2.07. The Morgan fingerprint density at radius 3 is 2.82 bits per heavy atom. The van der Waals surface area contributed by atoms with Crippen LogP contribution in [0.2, 0.25) is 0 Å². The first kappa shape index (κ1) is 13.4. The van der Waals surface area contributed by atoms with Crippen molar-refractivity contribution in [2.24, 2.45) is 0 Å². The number of rotatable bonds is 8. The number of carbonyl (C=O) groups is 1. The Balaban J connectivity index is 2.31. The summed E-state index contributed by atoms with van der Waals surface area (Å²) in [6.45, 7) is 5.89. The molecule has 5 heteroatoms. The number of Topliss-reactive ketones (excluding diaryl/α,β-unsaturated/α-hetero) is 1. The SMILES string of the molecule is CCNCCOc1ccc(OCC(C)=O)cn1. The molecule has 0 saturated carbocycles. The number of pyridine rings is 1. The fourth-order valence-corrected chi connectivity index (χ4v) is 1.13. The molecule has 0 aliphatic heterocycles. The van der Waals surface area contributed by atoms with E-state index in [4.69, 9.17) is 9.47 Å². The van der Waals surface area contributed by atoms with E-state index in [1.165, 1.54) is 6.92 Å². The van der Waals surface area contributed by atoms with Gasteiger partial charge in [0.2, 0.25) is 5.88 Å². The molecular weight excluding hydrogens is 220 g/mol. The van der Waals surface area contributed by atoms with Gasteiger partial charge in [-0.15, -0.1) is 0 Å². The Morgan fingerprint density at radius 1 is 1.41 bits per heavy atom. The molecule has 1 heterocycles. The highest BCUT2D eigenvalue weighted by atomic mass is 16.5. The first-order chi connectivity index (χ1) is 8.22. The predicted octanol–water partition coefficient (Wildman–Crippen LogP) is 1.04. The summed E-state index contributed by atoms with van der Waals surface area (Å²) in [5, 5.41) is 3.15. The normalized spacial score (nSPS) is 10.0. The monoisotopic (exact) mass is 238 g/mol. The van der Waals surface area contributed by atoms with Crippen LogP contribution < -0.4 is 14.8 Å². The molecule has 0 amide bonds. The summed E-state index contributed by atoms with van der Waals surface area (Å²) in [6, 6.07) is 3.46. The van der Waals surface area contributed by atoms with Gasteiger partial charge < -0.3 is 14.8 Å². The lowest BCUT2D eigenvalue weighted by molar-refractivity contribution is -0.118. The van der Waals surface area contributed by atoms with Gasteiger partial charge in [-0.25, -0.2) is 4.98 Å². The summed E-state index contributed by atoms with van der Waals surface area (Å²) >= 11 is 0. The van der Waals surface area contributed by atoms with Gasteiger partial charge in [-0.1, -0.05) is 6.92 Å². The molecule has 5 nitrogen and oxygen atoms in total. The number of aromatic nitrogens is 1. The summed E-state index contributed by atoms with van der Waals surface area (Å²) < 4.78 is 10.6. The second-order valence-corrected chi connectivity index (χ2v) is 3.52. The molecule has 0 unspecified atom stereocenters. The number of ketones is 1. The zero-order valence-corrected chi connectivity index (χ0v) is 10.2. The van der Waals surface area contributed by atoms with Gasteiger partial charge in [0, 0.05) is 12.6 Å². The molecule has 0 radical (unpaired) electrons. The molecule has 0 aromatic carbocycles. The van der Waals surface area contributed by atoms with E-state index in [0.29, 0.717) is 18.2 Å². The minimum absolute atomic E-state index is 0.0176. The minimum atomic E-state index is -0.0176. The number of carbonyl (C=O) groups excluding carboxylic acids is 1. The maximum atomic E-state index is 10.7. The topological polar surface area (TPSA) is 60.5 Å². The Labute approximate surface area is 101 Å². The molecule has 0 fully saturated rings. The van der Waals surface area contributed by atoms with Crippen LogP contribution in [-0.2, 0) is 4.79 Å². The average Bonchev–Trinajstić information content (AvgIpc) is 2.33. The van der Waals surface area contributed by atoms with E-state index >= 15 is 0 Å². The summed E-state index contributed by atoms with van der Waals surface area (Å²) in [5.74, 6) is 1.10. The number of likely N-dealkylation sites (N-methyl/N-ethyl adjacent to an activating group) is 1. The van der Waals surface area contributed by atoms with Gasteiger partial charge in [0.05, 0.1) is 6.20 Å². The zero-order chi connectivity index (χ0) is 12.5. The highest BCUT2D eigenvalue weighted by Crippen LogP contribution is 2.13. The van der Waals surface area contributed by atoms with Crippen molar-refractivity contribution < 1.29 is 14.3 Å². The largest absolute Gasteiger partial charge is 0.484 e. The Bertz CT molecular complexity index is 338. The van der Waals surface area contributed by atoms with E-state index in [0.717, 1.165) is 13.1 Å². The molecule has 1 rings (SSSR count). The number of hydrogen-bond donors (Lipinski definition) is 1. The van der Waals surface area contributed by atoms with Crippen LogP contribution in [0.25, 0.3) is 0 Å². The minimum Gasteiger partial charge on any atom is -0.484 e. The van der Waals surface area contributed by atoms with Crippen LogP contribution in [0.4, 0.5) is 0 Å². The van der Waals surface area contributed by atoms with Crippen molar-refractivity contribution in [3.63, 3.8) is 0 Å². The van der Waals surface area contributed by atoms with Crippen LogP contribution in [0.3, 0.4) is 0 Å². The van der Waals surface area contributed by atoms with E-state index in [2.05, 4.69) is 10.3 Å². The third-order valence-corrected chi connectivity index (χ3v) is 1.93. The van der Waals surface area contributed by atoms with Gasteiger partial charge in [-0.05, 0) is 19.5 Å². The fraction of sp³-hybridized carbons (Fsp3) is 0.500. The van der Waals surface area contributed by atoms with Gasteiger partial charge in [0.15, 0.2) is 5.78 Å². The van der Waals surface area contributed by atoms with E-state index in [1.54, 1.807) is 18.3 Å². The maximum Gasteiger partial charge on any atom is 0.213 e. The van der Waals surface area contributed by atoms with Gasteiger partial charge >= 0.3 is 0 Å². The molecule has 1 aromatic heterocycles. The lowest BCUT2D eigenvalue weighted by Crippen LogP contribution is -2.20. The average molecular weight is 238 g/mol.